The monoisotopic (exact) mass is 511 g/mol. The summed E-state index contributed by atoms with van der Waals surface area (Å²) < 4.78 is 6.59. The van der Waals surface area contributed by atoms with Gasteiger partial charge in [-0.25, -0.2) is 19.6 Å². The summed E-state index contributed by atoms with van der Waals surface area (Å²) in [5.74, 6) is -0.427. The fraction of sp³-hybridized carbons (Fsp3) is 0.400. The lowest BCUT2D eigenvalue weighted by molar-refractivity contribution is -0.131. The maximum atomic E-state index is 13.4. The van der Waals surface area contributed by atoms with Crippen LogP contribution in [0.25, 0.3) is 11.7 Å². The third kappa shape index (κ3) is 5.91. The van der Waals surface area contributed by atoms with E-state index in [4.69, 9.17) is 25.5 Å². The van der Waals surface area contributed by atoms with E-state index in [-0.39, 0.29) is 11.1 Å². The van der Waals surface area contributed by atoms with E-state index < -0.39 is 18.2 Å². The number of aromatic nitrogens is 3. The highest BCUT2D eigenvalue weighted by Crippen LogP contribution is 2.24. The summed E-state index contributed by atoms with van der Waals surface area (Å²) in [4.78, 5) is 47.1. The zero-order valence-electron chi connectivity index (χ0n) is 20.2. The van der Waals surface area contributed by atoms with E-state index in [0.29, 0.717) is 43.3 Å². The van der Waals surface area contributed by atoms with Crippen molar-refractivity contribution in [2.45, 2.75) is 51.6 Å². The number of ether oxygens (including phenoxy) is 1. The number of anilines is 1. The minimum atomic E-state index is -1.17. The molecule has 1 saturated heterocycles. The molecule has 10 nitrogen and oxygen atoms in total. The van der Waals surface area contributed by atoms with Crippen molar-refractivity contribution in [1.29, 1.82) is 0 Å². The van der Waals surface area contributed by atoms with Crippen molar-refractivity contribution in [2.75, 3.05) is 18.0 Å². The van der Waals surface area contributed by atoms with Crippen LogP contribution in [-0.4, -0.2) is 50.7 Å². The number of aliphatic carboxylic acids is 1. The molecule has 0 radical (unpaired) electrons. The first-order valence-electron chi connectivity index (χ1n) is 11.8. The first-order valence-corrected chi connectivity index (χ1v) is 12.7. The predicted octanol–water partition coefficient (Wildman–Crippen LogP) is 3.22. The number of pyridine rings is 1. The maximum Gasteiger partial charge on any atom is 0.404 e. The zero-order chi connectivity index (χ0) is 25.8. The Morgan fingerprint density at radius 1 is 1.33 bits per heavy atom. The smallest absolute Gasteiger partial charge is 0.404 e. The number of nitrogens with zero attached hydrogens (tertiary/aromatic N) is 4. The molecule has 11 heteroatoms. The number of aryl methyl sites for hydroxylation is 2. The number of carbonyl (C=O) groups excluding carboxylic acids is 1. The van der Waals surface area contributed by atoms with Crippen molar-refractivity contribution in [3.8, 4) is 0 Å². The number of thiazole rings is 1. The molecule has 0 unspecified atom stereocenters. The molecule has 1 aliphatic rings. The van der Waals surface area contributed by atoms with Gasteiger partial charge in [-0.2, -0.15) is 0 Å². The number of piperidine rings is 1. The van der Waals surface area contributed by atoms with Gasteiger partial charge in [-0.1, -0.05) is 13.8 Å². The SMILES string of the molecule is CC(C)c1csc(CCc2ccn3c(=O)c(C=CC(=O)O)c(N4CCC[C@H](OC(N)=O)C4)nc3c2)n1. The molecule has 0 aromatic carbocycles. The molecule has 190 valence electrons. The molecule has 1 fully saturated rings. The van der Waals surface area contributed by atoms with Gasteiger partial charge in [0.2, 0.25) is 0 Å². The molecular formula is C25H29N5O5S. The molecule has 3 aromatic heterocycles. The molecule has 4 rings (SSSR count). The topological polar surface area (TPSA) is 140 Å². The van der Waals surface area contributed by atoms with E-state index in [1.165, 1.54) is 10.5 Å². The number of rotatable bonds is 8. The highest BCUT2D eigenvalue weighted by atomic mass is 32.1. The summed E-state index contributed by atoms with van der Waals surface area (Å²) in [6.07, 6.45) is 5.42. The minimum absolute atomic E-state index is 0.159. The average Bonchev–Trinajstić information content (AvgIpc) is 3.31. The van der Waals surface area contributed by atoms with Crippen LogP contribution >= 0.6 is 11.3 Å². The van der Waals surface area contributed by atoms with Crippen LogP contribution in [0.2, 0.25) is 0 Å². The summed E-state index contributed by atoms with van der Waals surface area (Å²) in [7, 11) is 0. The van der Waals surface area contributed by atoms with Crippen LogP contribution in [0, 0.1) is 0 Å². The number of hydrogen-bond donors (Lipinski definition) is 2. The Labute approximate surface area is 212 Å². The maximum absolute atomic E-state index is 13.4. The number of amides is 1. The standard InChI is InChI=1S/C25H29N5O5S/c1-15(2)19-14-36-21(27-19)7-5-16-9-11-30-20(12-16)28-23(18(24(30)33)6-8-22(31)32)29-10-3-4-17(13-29)35-25(26)34/h6,8-9,11-12,14-15,17H,3-5,7,10,13H2,1-2H3,(H2,26,34)(H,31,32)/t17-/m0/s1. The van der Waals surface area contributed by atoms with Crippen LogP contribution in [0.15, 0.2) is 34.6 Å². The molecule has 0 spiro atoms. The molecule has 3 aromatic rings. The summed E-state index contributed by atoms with van der Waals surface area (Å²) in [6, 6.07) is 3.74. The van der Waals surface area contributed by atoms with Gasteiger partial charge in [-0.05, 0) is 49.0 Å². The molecule has 0 aliphatic carbocycles. The Balaban J connectivity index is 1.67. The van der Waals surface area contributed by atoms with Gasteiger partial charge in [-0.15, -0.1) is 11.3 Å². The van der Waals surface area contributed by atoms with E-state index in [1.807, 2.05) is 17.0 Å². The van der Waals surface area contributed by atoms with Gasteiger partial charge in [0, 0.05) is 30.6 Å². The van der Waals surface area contributed by atoms with Gasteiger partial charge in [0.05, 0.1) is 22.8 Å². The molecule has 3 N–H and O–H groups in total. The third-order valence-electron chi connectivity index (χ3n) is 6.05. The fourth-order valence-electron chi connectivity index (χ4n) is 4.23. The Morgan fingerprint density at radius 3 is 2.83 bits per heavy atom. The lowest BCUT2D eigenvalue weighted by Crippen LogP contribution is -2.43. The van der Waals surface area contributed by atoms with Gasteiger partial charge in [0.25, 0.3) is 5.56 Å². The highest BCUT2D eigenvalue weighted by molar-refractivity contribution is 7.09. The lowest BCUT2D eigenvalue weighted by atomic mass is 10.1. The van der Waals surface area contributed by atoms with Crippen LogP contribution in [0.3, 0.4) is 0 Å². The minimum Gasteiger partial charge on any atom is -0.478 e. The van der Waals surface area contributed by atoms with E-state index in [2.05, 4.69) is 19.2 Å². The highest BCUT2D eigenvalue weighted by Gasteiger charge is 2.26. The lowest BCUT2D eigenvalue weighted by Gasteiger charge is -2.33. The Hall–Kier alpha value is -3.73. The number of nitrogens with two attached hydrogens (primary N) is 1. The van der Waals surface area contributed by atoms with Crippen LogP contribution in [-0.2, 0) is 22.4 Å². The molecule has 0 bridgehead atoms. The van der Waals surface area contributed by atoms with Gasteiger partial charge in [-0.3, -0.25) is 9.20 Å². The van der Waals surface area contributed by atoms with Crippen molar-refractivity contribution in [1.82, 2.24) is 14.4 Å². The van der Waals surface area contributed by atoms with Gasteiger partial charge in [0.1, 0.15) is 17.6 Å². The number of carboxylic acid groups (broad SMARTS) is 1. The molecule has 4 heterocycles. The summed E-state index contributed by atoms with van der Waals surface area (Å²) in [5, 5.41) is 12.3. The van der Waals surface area contributed by atoms with Crippen LogP contribution < -0.4 is 16.2 Å². The number of hydrogen-bond acceptors (Lipinski definition) is 8. The van der Waals surface area contributed by atoms with Crippen molar-refractivity contribution in [2.24, 2.45) is 5.73 Å². The van der Waals surface area contributed by atoms with Gasteiger partial charge in [0.15, 0.2) is 0 Å². The molecule has 0 saturated carbocycles. The molecule has 1 atom stereocenters. The fourth-order valence-corrected chi connectivity index (χ4v) is 5.19. The van der Waals surface area contributed by atoms with Crippen LogP contribution in [0.4, 0.5) is 10.6 Å². The first kappa shape index (κ1) is 25.4. The zero-order valence-corrected chi connectivity index (χ0v) is 21.0. The number of carbonyl (C=O) groups is 2. The van der Waals surface area contributed by atoms with E-state index in [9.17, 15) is 14.4 Å². The van der Waals surface area contributed by atoms with Crippen molar-refractivity contribution >= 4 is 40.9 Å². The second kappa shape index (κ2) is 10.9. The van der Waals surface area contributed by atoms with E-state index in [0.717, 1.165) is 35.2 Å². The van der Waals surface area contributed by atoms with Crippen LogP contribution in [0.1, 0.15) is 54.4 Å². The number of fused-ring (bicyclic) bond motifs is 1. The van der Waals surface area contributed by atoms with Gasteiger partial charge >= 0.3 is 12.1 Å². The largest absolute Gasteiger partial charge is 0.478 e. The second-order valence-electron chi connectivity index (χ2n) is 9.06. The Bertz CT molecular complexity index is 1360. The van der Waals surface area contributed by atoms with Crippen LogP contribution in [0.5, 0.6) is 0 Å². The summed E-state index contributed by atoms with van der Waals surface area (Å²) in [5.41, 5.74) is 7.53. The quantitative estimate of drug-likeness (QED) is 0.439. The predicted molar refractivity (Wildman–Crippen MR) is 138 cm³/mol. The molecule has 1 amide bonds. The molecular weight excluding hydrogens is 482 g/mol. The normalized spacial score (nSPS) is 16.2. The average molecular weight is 512 g/mol. The van der Waals surface area contributed by atoms with Crippen molar-refractivity contribution in [3.05, 3.63) is 62.0 Å². The van der Waals surface area contributed by atoms with Crippen molar-refractivity contribution < 1.29 is 19.4 Å². The first-order chi connectivity index (χ1) is 17.2. The molecule has 1 aliphatic heterocycles. The molecule has 36 heavy (non-hydrogen) atoms. The van der Waals surface area contributed by atoms with E-state index >= 15 is 0 Å². The van der Waals surface area contributed by atoms with E-state index in [1.54, 1.807) is 17.5 Å². The van der Waals surface area contributed by atoms with Gasteiger partial charge < -0.3 is 20.5 Å². The Morgan fingerprint density at radius 2 is 2.14 bits per heavy atom. The second-order valence-corrected chi connectivity index (χ2v) is 10.00. The van der Waals surface area contributed by atoms with Crippen molar-refractivity contribution in [3.63, 3.8) is 0 Å². The Kier molecular flexibility index (Phi) is 7.68. The summed E-state index contributed by atoms with van der Waals surface area (Å²) >= 11 is 1.65. The number of carboxylic acids is 1. The number of primary amides is 1. The third-order valence-corrected chi connectivity index (χ3v) is 6.98. The summed E-state index contributed by atoms with van der Waals surface area (Å²) in [6.45, 7) is 5.12.